The summed E-state index contributed by atoms with van der Waals surface area (Å²) >= 11 is 0. The van der Waals surface area contributed by atoms with Crippen LogP contribution in [0.25, 0.3) is 0 Å². The number of hydrogen-bond acceptors (Lipinski definition) is 2. The molecule has 0 heterocycles. The van der Waals surface area contributed by atoms with E-state index >= 15 is 0 Å². The molecule has 1 saturated carbocycles. The second kappa shape index (κ2) is 4.43. The molecule has 1 aromatic carbocycles. The van der Waals surface area contributed by atoms with Crippen molar-refractivity contribution >= 4 is 11.5 Å². The molecule has 1 aromatic rings. The van der Waals surface area contributed by atoms with Gasteiger partial charge < -0.3 is 5.32 Å². The maximum Gasteiger partial charge on any atom is 0.133 e. The van der Waals surface area contributed by atoms with Crippen molar-refractivity contribution in [3.05, 3.63) is 30.1 Å². The highest BCUT2D eigenvalue weighted by Gasteiger charge is 2.18. The molecule has 2 nitrogen and oxygen atoms in total. The highest BCUT2D eigenvalue weighted by molar-refractivity contribution is 5.79. The van der Waals surface area contributed by atoms with E-state index in [1.807, 2.05) is 6.07 Å². The molecule has 1 aliphatic rings. The number of nitrogens with one attached hydrogen (secondary N) is 1. The van der Waals surface area contributed by atoms with Crippen molar-refractivity contribution in [2.45, 2.75) is 31.7 Å². The van der Waals surface area contributed by atoms with Crippen molar-refractivity contribution in [3.8, 4) is 0 Å². The van der Waals surface area contributed by atoms with Gasteiger partial charge in [0.05, 0.1) is 0 Å². The lowest BCUT2D eigenvalue weighted by Crippen LogP contribution is -2.25. The number of carbonyl (C=O) groups excluding carboxylic acids is 1. The highest BCUT2D eigenvalue weighted by atomic mass is 19.1. The first-order valence-corrected chi connectivity index (χ1v) is 5.28. The van der Waals surface area contributed by atoms with Crippen LogP contribution in [0.4, 0.5) is 10.1 Å². The van der Waals surface area contributed by atoms with Crippen LogP contribution in [0.5, 0.6) is 0 Å². The van der Waals surface area contributed by atoms with Gasteiger partial charge in [-0.2, -0.15) is 0 Å². The van der Waals surface area contributed by atoms with Crippen LogP contribution in [-0.4, -0.2) is 11.8 Å². The molecule has 0 bridgehead atoms. The van der Waals surface area contributed by atoms with Crippen molar-refractivity contribution < 1.29 is 9.18 Å². The first-order chi connectivity index (χ1) is 7.24. The lowest BCUT2D eigenvalue weighted by atomic mass is 9.94. The minimum Gasteiger partial charge on any atom is -0.382 e. The Hall–Kier alpha value is -1.38. The van der Waals surface area contributed by atoms with Crippen LogP contribution < -0.4 is 5.32 Å². The van der Waals surface area contributed by atoms with Gasteiger partial charge in [-0.15, -0.1) is 0 Å². The zero-order valence-electron chi connectivity index (χ0n) is 8.50. The van der Waals surface area contributed by atoms with E-state index < -0.39 is 0 Å². The summed E-state index contributed by atoms with van der Waals surface area (Å²) < 4.78 is 12.9. The number of rotatable bonds is 2. The summed E-state index contributed by atoms with van der Waals surface area (Å²) in [7, 11) is 0. The van der Waals surface area contributed by atoms with Gasteiger partial charge >= 0.3 is 0 Å². The lowest BCUT2D eigenvalue weighted by molar-refractivity contribution is -0.120. The van der Waals surface area contributed by atoms with Gasteiger partial charge in [-0.3, -0.25) is 4.79 Å². The van der Waals surface area contributed by atoms with E-state index in [9.17, 15) is 9.18 Å². The molecule has 80 valence electrons. The number of Topliss-reactive ketones (excluding diaryl/α,β-unsaturated/α-hetero) is 1. The summed E-state index contributed by atoms with van der Waals surface area (Å²) in [6.45, 7) is 0. The molecule has 2 rings (SSSR count). The van der Waals surface area contributed by atoms with Crippen LogP contribution in [0.15, 0.2) is 24.3 Å². The maximum atomic E-state index is 12.9. The fraction of sp³-hybridized carbons (Fsp3) is 0.417. The molecule has 1 fully saturated rings. The fourth-order valence-electron chi connectivity index (χ4n) is 1.90. The first kappa shape index (κ1) is 10.1. The normalized spacial score (nSPS) is 17.8. The molecule has 0 atom stereocenters. The Morgan fingerprint density at radius 3 is 2.67 bits per heavy atom. The Balaban J connectivity index is 1.94. The molecule has 0 amide bonds. The predicted molar refractivity (Wildman–Crippen MR) is 57.3 cm³/mol. The van der Waals surface area contributed by atoms with E-state index in [1.165, 1.54) is 12.1 Å². The van der Waals surface area contributed by atoms with Gasteiger partial charge in [-0.05, 0) is 31.0 Å². The Morgan fingerprint density at radius 2 is 2.00 bits per heavy atom. The number of hydrogen-bond donors (Lipinski definition) is 1. The summed E-state index contributed by atoms with van der Waals surface area (Å²) in [4.78, 5) is 11.0. The highest BCUT2D eigenvalue weighted by Crippen LogP contribution is 2.20. The van der Waals surface area contributed by atoms with Crippen molar-refractivity contribution in [1.29, 1.82) is 0 Å². The van der Waals surface area contributed by atoms with Crippen molar-refractivity contribution in [3.63, 3.8) is 0 Å². The van der Waals surface area contributed by atoms with Crippen LogP contribution in [0.2, 0.25) is 0 Å². The molecule has 0 aliphatic heterocycles. The second-order valence-electron chi connectivity index (χ2n) is 3.97. The molecule has 3 heteroatoms. The van der Waals surface area contributed by atoms with E-state index in [0.717, 1.165) is 18.5 Å². The van der Waals surface area contributed by atoms with Crippen LogP contribution in [0.1, 0.15) is 25.7 Å². The molecule has 15 heavy (non-hydrogen) atoms. The average molecular weight is 207 g/mol. The fourth-order valence-corrected chi connectivity index (χ4v) is 1.90. The molecule has 0 saturated heterocycles. The van der Waals surface area contributed by atoms with Crippen molar-refractivity contribution in [2.75, 3.05) is 5.32 Å². The largest absolute Gasteiger partial charge is 0.382 e. The Morgan fingerprint density at radius 1 is 1.27 bits per heavy atom. The van der Waals surface area contributed by atoms with Gasteiger partial charge in [0.15, 0.2) is 0 Å². The van der Waals surface area contributed by atoms with Crippen LogP contribution in [0, 0.1) is 5.82 Å². The molecule has 0 unspecified atom stereocenters. The van der Waals surface area contributed by atoms with Gasteiger partial charge in [-0.1, -0.05) is 6.07 Å². The molecule has 1 N–H and O–H groups in total. The quantitative estimate of drug-likeness (QED) is 0.807. The zero-order chi connectivity index (χ0) is 10.7. The molecule has 0 spiro atoms. The summed E-state index contributed by atoms with van der Waals surface area (Å²) in [6, 6.07) is 6.75. The second-order valence-corrected chi connectivity index (χ2v) is 3.97. The van der Waals surface area contributed by atoms with E-state index in [2.05, 4.69) is 5.32 Å². The molecule has 1 aliphatic carbocycles. The SMILES string of the molecule is O=C1CCC(Nc2cccc(F)c2)CC1. The van der Waals surface area contributed by atoms with E-state index in [-0.39, 0.29) is 5.82 Å². The molecular weight excluding hydrogens is 193 g/mol. The third-order valence-electron chi connectivity index (χ3n) is 2.74. The Kier molecular flexibility index (Phi) is 2.99. The van der Waals surface area contributed by atoms with E-state index in [0.29, 0.717) is 24.7 Å². The minimum atomic E-state index is -0.230. The van der Waals surface area contributed by atoms with E-state index in [1.54, 1.807) is 6.07 Å². The minimum absolute atomic E-state index is 0.230. The third-order valence-corrected chi connectivity index (χ3v) is 2.74. The lowest BCUT2D eigenvalue weighted by Gasteiger charge is -2.23. The summed E-state index contributed by atoms with van der Waals surface area (Å²) in [5, 5.41) is 3.25. The third kappa shape index (κ3) is 2.78. The average Bonchev–Trinajstić information content (AvgIpc) is 2.22. The van der Waals surface area contributed by atoms with Crippen molar-refractivity contribution in [2.24, 2.45) is 0 Å². The van der Waals surface area contributed by atoms with Crippen molar-refractivity contribution in [1.82, 2.24) is 0 Å². The standard InChI is InChI=1S/C12H14FNO/c13-9-2-1-3-11(8-9)14-10-4-6-12(15)7-5-10/h1-3,8,10,14H,4-7H2. The number of benzene rings is 1. The predicted octanol–water partition coefficient (Wildman–Crippen LogP) is 2.75. The summed E-state index contributed by atoms with van der Waals surface area (Å²) in [5.41, 5.74) is 0.800. The Labute approximate surface area is 88.5 Å². The van der Waals surface area contributed by atoms with Gasteiger partial charge in [0, 0.05) is 24.6 Å². The Bertz CT molecular complexity index is 354. The number of carbonyl (C=O) groups is 1. The molecule has 0 aromatic heterocycles. The van der Waals surface area contributed by atoms with Gasteiger partial charge in [0.1, 0.15) is 11.6 Å². The van der Waals surface area contributed by atoms with E-state index in [4.69, 9.17) is 0 Å². The number of ketones is 1. The molecular formula is C12H14FNO. The summed E-state index contributed by atoms with van der Waals surface area (Å²) in [5.74, 6) is 0.110. The van der Waals surface area contributed by atoms with Crippen LogP contribution in [0.3, 0.4) is 0 Å². The van der Waals surface area contributed by atoms with Gasteiger partial charge in [-0.25, -0.2) is 4.39 Å². The topological polar surface area (TPSA) is 29.1 Å². The van der Waals surface area contributed by atoms with Crippen LogP contribution in [-0.2, 0) is 4.79 Å². The van der Waals surface area contributed by atoms with Crippen LogP contribution >= 0.6 is 0 Å². The number of anilines is 1. The maximum absolute atomic E-state index is 12.9. The first-order valence-electron chi connectivity index (χ1n) is 5.28. The number of halogens is 1. The van der Waals surface area contributed by atoms with Gasteiger partial charge in [0.25, 0.3) is 0 Å². The zero-order valence-corrected chi connectivity index (χ0v) is 8.50. The van der Waals surface area contributed by atoms with Gasteiger partial charge in [0.2, 0.25) is 0 Å². The smallest absolute Gasteiger partial charge is 0.133 e. The molecule has 0 radical (unpaired) electrons. The summed E-state index contributed by atoms with van der Waals surface area (Å²) in [6.07, 6.45) is 3.00. The monoisotopic (exact) mass is 207 g/mol.